The van der Waals surface area contributed by atoms with Gasteiger partial charge in [-0.15, -0.1) is 11.3 Å². The van der Waals surface area contributed by atoms with Crippen molar-refractivity contribution in [2.75, 3.05) is 5.32 Å². The Labute approximate surface area is 114 Å². The normalized spacial score (nSPS) is 10.6. The Hall–Kier alpha value is -2.20. The number of nitrogens with zero attached hydrogens (tertiary/aromatic N) is 1. The number of aryl methyl sites for hydroxylation is 1. The molecule has 2 aromatic heterocycles. The van der Waals surface area contributed by atoms with Crippen molar-refractivity contribution >= 4 is 33.1 Å². The maximum absolute atomic E-state index is 12.1. The second-order valence-corrected chi connectivity index (χ2v) is 5.30. The van der Waals surface area contributed by atoms with Gasteiger partial charge in [-0.05, 0) is 47.5 Å². The number of anilines is 1. The minimum absolute atomic E-state index is 0.133. The highest BCUT2D eigenvalue weighted by Crippen LogP contribution is 2.22. The van der Waals surface area contributed by atoms with Crippen LogP contribution < -0.4 is 5.32 Å². The van der Waals surface area contributed by atoms with Crippen LogP contribution in [-0.4, -0.2) is 10.9 Å². The summed E-state index contributed by atoms with van der Waals surface area (Å²) in [5, 5.41) is 5.98. The fraction of sp³-hybridized carbons (Fsp3) is 0.0667. The molecule has 0 unspecified atom stereocenters. The third-order valence-corrected chi connectivity index (χ3v) is 3.75. The van der Waals surface area contributed by atoms with Gasteiger partial charge in [0.05, 0.1) is 0 Å². The molecule has 0 fully saturated rings. The molecule has 0 radical (unpaired) electrons. The van der Waals surface area contributed by atoms with E-state index >= 15 is 0 Å². The number of hydrogen-bond donors (Lipinski definition) is 1. The molecule has 0 atom stereocenters. The van der Waals surface area contributed by atoms with Crippen LogP contribution in [0.5, 0.6) is 0 Å². The molecule has 19 heavy (non-hydrogen) atoms. The largest absolute Gasteiger partial charge is 0.307 e. The summed E-state index contributed by atoms with van der Waals surface area (Å²) in [4.78, 5) is 16.3. The zero-order chi connectivity index (χ0) is 13.2. The fourth-order valence-electron chi connectivity index (χ4n) is 1.83. The van der Waals surface area contributed by atoms with E-state index in [9.17, 15) is 4.79 Å². The summed E-state index contributed by atoms with van der Waals surface area (Å²) in [6.07, 6.45) is 1.73. The minimum Gasteiger partial charge on any atom is -0.307 e. The Balaban J connectivity index is 1.84. The van der Waals surface area contributed by atoms with Crippen LogP contribution in [-0.2, 0) is 0 Å². The van der Waals surface area contributed by atoms with Gasteiger partial charge in [0.2, 0.25) is 0 Å². The summed E-state index contributed by atoms with van der Waals surface area (Å²) in [5.74, 6) is 0.438. The molecule has 0 aliphatic rings. The third-order valence-electron chi connectivity index (χ3n) is 2.87. The third kappa shape index (κ3) is 2.48. The molecule has 0 aliphatic carbocycles. The number of fused-ring (bicyclic) bond motifs is 1. The molecule has 3 aromatic rings. The smallest absolute Gasteiger partial charge is 0.256 e. The maximum Gasteiger partial charge on any atom is 0.256 e. The number of rotatable bonds is 2. The number of hydrogen-bond acceptors (Lipinski definition) is 3. The highest BCUT2D eigenvalue weighted by atomic mass is 32.1. The number of carbonyl (C=O) groups is 1. The summed E-state index contributed by atoms with van der Waals surface area (Å²) >= 11 is 1.63. The molecule has 3 nitrogen and oxygen atoms in total. The first kappa shape index (κ1) is 11.9. The molecule has 0 bridgehead atoms. The van der Waals surface area contributed by atoms with Gasteiger partial charge in [0, 0.05) is 16.5 Å². The van der Waals surface area contributed by atoms with E-state index in [-0.39, 0.29) is 5.91 Å². The van der Waals surface area contributed by atoms with E-state index in [0.717, 1.165) is 15.6 Å². The molecule has 0 saturated carbocycles. The summed E-state index contributed by atoms with van der Waals surface area (Å²) in [6.45, 7) is 1.96. The van der Waals surface area contributed by atoms with Crippen molar-refractivity contribution in [3.8, 4) is 0 Å². The molecule has 1 N–H and O–H groups in total. The van der Waals surface area contributed by atoms with Crippen LogP contribution in [0.3, 0.4) is 0 Å². The second-order valence-electron chi connectivity index (χ2n) is 4.35. The molecule has 0 spiro atoms. The molecule has 1 aromatic carbocycles. The van der Waals surface area contributed by atoms with Crippen molar-refractivity contribution in [3.63, 3.8) is 0 Å². The van der Waals surface area contributed by atoms with E-state index in [2.05, 4.69) is 10.3 Å². The lowest BCUT2D eigenvalue weighted by Gasteiger charge is -2.04. The number of aromatic nitrogens is 1. The highest BCUT2D eigenvalue weighted by Gasteiger charge is 2.07. The average molecular weight is 268 g/mol. The molecular formula is C15H12N2OS. The van der Waals surface area contributed by atoms with Gasteiger partial charge in [-0.2, -0.15) is 0 Å². The summed E-state index contributed by atoms with van der Waals surface area (Å²) in [7, 11) is 0. The summed E-state index contributed by atoms with van der Waals surface area (Å²) in [6, 6.07) is 11.5. The van der Waals surface area contributed by atoms with Crippen molar-refractivity contribution in [2.24, 2.45) is 0 Å². The Bertz CT molecular complexity index is 731. The van der Waals surface area contributed by atoms with Crippen molar-refractivity contribution in [3.05, 3.63) is 59.1 Å². The number of pyridine rings is 1. The van der Waals surface area contributed by atoms with Crippen LogP contribution in [0.15, 0.2) is 48.0 Å². The lowest BCUT2D eigenvalue weighted by molar-refractivity contribution is 0.102. The van der Waals surface area contributed by atoms with E-state index in [0.29, 0.717) is 11.4 Å². The second kappa shape index (κ2) is 4.82. The number of carbonyl (C=O) groups excluding carboxylic acids is 1. The molecule has 3 rings (SSSR count). The first-order valence-corrected chi connectivity index (χ1v) is 6.81. The number of nitrogens with one attached hydrogen (secondary N) is 1. The zero-order valence-corrected chi connectivity index (χ0v) is 11.2. The average Bonchev–Trinajstić information content (AvgIpc) is 2.88. The van der Waals surface area contributed by atoms with Gasteiger partial charge in [0.1, 0.15) is 5.82 Å². The van der Waals surface area contributed by atoms with Gasteiger partial charge in [0.15, 0.2) is 0 Å². The molecule has 0 aliphatic heterocycles. The van der Waals surface area contributed by atoms with Gasteiger partial charge >= 0.3 is 0 Å². The Morgan fingerprint density at radius 3 is 2.89 bits per heavy atom. The van der Waals surface area contributed by atoms with Crippen LogP contribution in [0.4, 0.5) is 5.82 Å². The number of benzene rings is 1. The first-order chi connectivity index (χ1) is 9.22. The lowest BCUT2D eigenvalue weighted by atomic mass is 10.1. The first-order valence-electron chi connectivity index (χ1n) is 5.94. The van der Waals surface area contributed by atoms with Gasteiger partial charge in [-0.3, -0.25) is 4.79 Å². The molecule has 0 saturated heterocycles. The van der Waals surface area contributed by atoms with Crippen molar-refractivity contribution in [2.45, 2.75) is 6.92 Å². The number of amides is 1. The monoisotopic (exact) mass is 268 g/mol. The van der Waals surface area contributed by atoms with Crippen LogP contribution in [0, 0.1) is 6.92 Å². The number of thiophene rings is 1. The van der Waals surface area contributed by atoms with Gasteiger partial charge < -0.3 is 5.32 Å². The van der Waals surface area contributed by atoms with Crippen LogP contribution in [0.2, 0.25) is 0 Å². The van der Waals surface area contributed by atoms with E-state index in [1.165, 1.54) is 0 Å². The van der Waals surface area contributed by atoms with E-state index < -0.39 is 0 Å². The van der Waals surface area contributed by atoms with Crippen LogP contribution in [0.25, 0.3) is 10.1 Å². The van der Waals surface area contributed by atoms with Gasteiger partial charge in [-0.1, -0.05) is 12.1 Å². The summed E-state index contributed by atoms with van der Waals surface area (Å²) in [5.41, 5.74) is 1.72. The Morgan fingerprint density at radius 1 is 1.21 bits per heavy atom. The fourth-order valence-corrected chi connectivity index (χ4v) is 2.65. The zero-order valence-electron chi connectivity index (χ0n) is 10.4. The summed E-state index contributed by atoms with van der Waals surface area (Å²) < 4.78 is 1.12. The molecule has 2 heterocycles. The molecule has 94 valence electrons. The van der Waals surface area contributed by atoms with Crippen molar-refractivity contribution < 1.29 is 4.79 Å². The maximum atomic E-state index is 12.1. The van der Waals surface area contributed by atoms with Gasteiger partial charge in [0.25, 0.3) is 5.91 Å². The topological polar surface area (TPSA) is 42.0 Å². The SMILES string of the molecule is Cc1ccc(NC(=O)c2ccc3ccsc3c2)nc1. The predicted octanol–water partition coefficient (Wildman–Crippen LogP) is 3.86. The van der Waals surface area contributed by atoms with Gasteiger partial charge in [-0.25, -0.2) is 4.98 Å². The lowest BCUT2D eigenvalue weighted by Crippen LogP contribution is -2.12. The van der Waals surface area contributed by atoms with E-state index in [1.54, 1.807) is 23.6 Å². The van der Waals surface area contributed by atoms with Crippen LogP contribution >= 0.6 is 11.3 Å². The molecule has 1 amide bonds. The quantitative estimate of drug-likeness (QED) is 0.767. The molecule has 4 heteroatoms. The molecular weight excluding hydrogens is 256 g/mol. The predicted molar refractivity (Wildman–Crippen MR) is 78.8 cm³/mol. The Kier molecular flexibility index (Phi) is 3.01. The standard InChI is InChI=1S/C15H12N2OS/c1-10-2-5-14(16-9-10)17-15(18)12-4-3-11-6-7-19-13(11)8-12/h2-9H,1H3,(H,16,17,18). The van der Waals surface area contributed by atoms with Crippen molar-refractivity contribution in [1.29, 1.82) is 0 Å². The van der Waals surface area contributed by atoms with Crippen LogP contribution in [0.1, 0.15) is 15.9 Å². The van der Waals surface area contributed by atoms with E-state index in [4.69, 9.17) is 0 Å². The van der Waals surface area contributed by atoms with Crippen molar-refractivity contribution in [1.82, 2.24) is 4.98 Å². The minimum atomic E-state index is -0.133. The highest BCUT2D eigenvalue weighted by molar-refractivity contribution is 7.17. The Morgan fingerprint density at radius 2 is 2.11 bits per heavy atom. The van der Waals surface area contributed by atoms with E-state index in [1.807, 2.05) is 42.6 Å².